The highest BCUT2D eigenvalue weighted by atomic mass is 35.5. The number of primary amides is 1. The fourth-order valence-corrected chi connectivity index (χ4v) is 4.42. The molecular formula is C21H22ClN3O. The van der Waals surface area contributed by atoms with Crippen molar-refractivity contribution in [3.8, 4) is 0 Å². The molecule has 3 aromatic rings. The summed E-state index contributed by atoms with van der Waals surface area (Å²) in [4.78, 5) is 19.4. The molecule has 3 N–H and O–H groups in total. The predicted molar refractivity (Wildman–Crippen MR) is 104 cm³/mol. The number of H-pyrrole nitrogens is 1. The number of nitrogens with two attached hydrogens (primary N) is 1. The number of carbonyl (C=O) groups excluding carboxylic acids is 1. The van der Waals surface area contributed by atoms with Crippen molar-refractivity contribution >= 4 is 28.5 Å². The van der Waals surface area contributed by atoms with E-state index >= 15 is 0 Å². The number of halogens is 1. The zero-order chi connectivity index (χ0) is 18.1. The summed E-state index contributed by atoms with van der Waals surface area (Å²) in [6.45, 7) is 0. The van der Waals surface area contributed by atoms with Crippen molar-refractivity contribution < 1.29 is 4.79 Å². The number of nitrogens with one attached hydrogen (secondary N) is 1. The molecule has 1 fully saturated rings. The van der Waals surface area contributed by atoms with E-state index in [9.17, 15) is 4.79 Å². The molecule has 0 bridgehead atoms. The zero-order valence-electron chi connectivity index (χ0n) is 14.5. The molecule has 1 unspecified atom stereocenters. The number of benzene rings is 1. The Morgan fingerprint density at radius 3 is 2.77 bits per heavy atom. The first kappa shape index (κ1) is 17.1. The average Bonchev–Trinajstić information content (AvgIpc) is 3.28. The topological polar surface area (TPSA) is 71.8 Å². The highest BCUT2D eigenvalue weighted by molar-refractivity contribution is 6.33. The van der Waals surface area contributed by atoms with E-state index < -0.39 is 5.91 Å². The molecule has 0 saturated heterocycles. The minimum atomic E-state index is -0.497. The number of nitrogens with zero attached hydrogens (tertiary/aromatic N) is 1. The maximum absolute atomic E-state index is 11.5. The van der Waals surface area contributed by atoms with Crippen LogP contribution in [0.15, 0.2) is 42.6 Å². The SMILES string of the molecule is NC(=O)c1ccc(C(CC2CCCC2)c2cc3cccnc3[nH]2)cc1Cl. The summed E-state index contributed by atoms with van der Waals surface area (Å²) in [5.74, 6) is 0.421. The number of fused-ring (bicyclic) bond motifs is 1. The smallest absolute Gasteiger partial charge is 0.250 e. The monoisotopic (exact) mass is 367 g/mol. The van der Waals surface area contributed by atoms with Crippen molar-refractivity contribution in [1.82, 2.24) is 9.97 Å². The van der Waals surface area contributed by atoms with Gasteiger partial charge >= 0.3 is 0 Å². The summed E-state index contributed by atoms with van der Waals surface area (Å²) >= 11 is 6.33. The van der Waals surface area contributed by atoms with Crippen LogP contribution in [0, 0.1) is 5.92 Å². The molecule has 1 saturated carbocycles. The quantitative estimate of drug-likeness (QED) is 0.664. The molecule has 4 rings (SSSR count). The molecule has 0 aliphatic heterocycles. The summed E-state index contributed by atoms with van der Waals surface area (Å²) in [5, 5.41) is 1.53. The van der Waals surface area contributed by atoms with Crippen LogP contribution in [0.4, 0.5) is 0 Å². The van der Waals surface area contributed by atoms with E-state index in [1.54, 1.807) is 12.3 Å². The summed E-state index contributed by atoms with van der Waals surface area (Å²) < 4.78 is 0. The summed E-state index contributed by atoms with van der Waals surface area (Å²) in [6, 6.07) is 11.8. The van der Waals surface area contributed by atoms with Crippen LogP contribution in [0.5, 0.6) is 0 Å². The van der Waals surface area contributed by atoms with Crippen LogP contribution in [-0.4, -0.2) is 15.9 Å². The Balaban J connectivity index is 1.74. The highest BCUT2D eigenvalue weighted by Crippen LogP contribution is 2.39. The number of carbonyl (C=O) groups is 1. The predicted octanol–water partition coefficient (Wildman–Crippen LogP) is 5.03. The van der Waals surface area contributed by atoms with Crippen LogP contribution in [-0.2, 0) is 0 Å². The number of amides is 1. The Labute approximate surface area is 157 Å². The van der Waals surface area contributed by atoms with E-state index in [-0.39, 0.29) is 5.92 Å². The molecule has 134 valence electrons. The zero-order valence-corrected chi connectivity index (χ0v) is 15.3. The third kappa shape index (κ3) is 3.34. The van der Waals surface area contributed by atoms with Gasteiger partial charge in [-0.25, -0.2) is 4.98 Å². The van der Waals surface area contributed by atoms with Gasteiger partial charge in [0.25, 0.3) is 0 Å². The normalized spacial score (nSPS) is 16.2. The van der Waals surface area contributed by atoms with Crippen LogP contribution < -0.4 is 5.73 Å². The van der Waals surface area contributed by atoms with Crippen molar-refractivity contribution in [2.45, 2.75) is 38.0 Å². The molecule has 4 nitrogen and oxygen atoms in total. The third-order valence-corrected chi connectivity index (χ3v) is 5.81. The summed E-state index contributed by atoms with van der Waals surface area (Å²) in [5.41, 5.74) is 8.92. The van der Waals surface area contributed by atoms with Crippen molar-refractivity contribution in [1.29, 1.82) is 0 Å². The molecule has 5 heteroatoms. The number of hydrogen-bond donors (Lipinski definition) is 2. The van der Waals surface area contributed by atoms with E-state index in [0.717, 1.165) is 28.7 Å². The Kier molecular flexibility index (Phi) is 4.68. The molecular weight excluding hydrogens is 346 g/mol. The third-order valence-electron chi connectivity index (χ3n) is 5.49. The summed E-state index contributed by atoms with van der Waals surface area (Å²) in [7, 11) is 0. The van der Waals surface area contributed by atoms with Gasteiger partial charge in [-0.3, -0.25) is 4.79 Å². The van der Waals surface area contributed by atoms with Crippen molar-refractivity contribution in [3.05, 3.63) is 64.4 Å². The molecule has 1 aliphatic rings. The van der Waals surface area contributed by atoms with Gasteiger partial charge in [-0.05, 0) is 48.2 Å². The number of aromatic amines is 1. The van der Waals surface area contributed by atoms with Gasteiger partial charge in [0.2, 0.25) is 5.91 Å². The van der Waals surface area contributed by atoms with E-state index in [4.69, 9.17) is 17.3 Å². The van der Waals surface area contributed by atoms with E-state index in [1.165, 1.54) is 25.7 Å². The molecule has 1 atom stereocenters. The molecule has 2 aromatic heterocycles. The lowest BCUT2D eigenvalue weighted by Gasteiger charge is -2.21. The van der Waals surface area contributed by atoms with Crippen molar-refractivity contribution in [2.75, 3.05) is 0 Å². The van der Waals surface area contributed by atoms with Gasteiger partial charge in [0.05, 0.1) is 10.6 Å². The number of pyridine rings is 1. The first-order chi connectivity index (χ1) is 12.6. The van der Waals surface area contributed by atoms with Crippen molar-refractivity contribution in [2.24, 2.45) is 11.7 Å². The Morgan fingerprint density at radius 2 is 2.08 bits per heavy atom. The minimum Gasteiger partial charge on any atom is -0.366 e. The van der Waals surface area contributed by atoms with Gasteiger partial charge in [-0.15, -0.1) is 0 Å². The lowest BCUT2D eigenvalue weighted by molar-refractivity contribution is 0.100. The first-order valence-electron chi connectivity index (χ1n) is 9.14. The second-order valence-corrected chi connectivity index (χ2v) is 7.62. The molecule has 1 aromatic carbocycles. The number of aromatic nitrogens is 2. The molecule has 1 aliphatic carbocycles. The molecule has 0 radical (unpaired) electrons. The van der Waals surface area contributed by atoms with Gasteiger partial charge in [0.15, 0.2) is 0 Å². The molecule has 26 heavy (non-hydrogen) atoms. The minimum absolute atomic E-state index is 0.201. The van der Waals surface area contributed by atoms with Crippen LogP contribution in [0.3, 0.4) is 0 Å². The fourth-order valence-electron chi connectivity index (χ4n) is 4.14. The van der Waals surface area contributed by atoms with Gasteiger partial charge in [0, 0.05) is 23.2 Å². The van der Waals surface area contributed by atoms with Crippen LogP contribution in [0.25, 0.3) is 11.0 Å². The van der Waals surface area contributed by atoms with E-state index in [2.05, 4.69) is 22.1 Å². The maximum atomic E-state index is 11.5. The Bertz CT molecular complexity index is 910. The Morgan fingerprint density at radius 1 is 1.27 bits per heavy atom. The molecule has 0 spiro atoms. The summed E-state index contributed by atoms with van der Waals surface area (Å²) in [6.07, 6.45) is 8.05. The molecule has 1 amide bonds. The van der Waals surface area contributed by atoms with Crippen molar-refractivity contribution in [3.63, 3.8) is 0 Å². The van der Waals surface area contributed by atoms with Gasteiger partial charge in [-0.2, -0.15) is 0 Å². The van der Waals surface area contributed by atoms with Gasteiger partial charge in [0.1, 0.15) is 5.65 Å². The lowest BCUT2D eigenvalue weighted by atomic mass is 9.85. The Hall–Kier alpha value is -2.33. The van der Waals surface area contributed by atoms with Crippen LogP contribution in [0.1, 0.15) is 59.6 Å². The largest absolute Gasteiger partial charge is 0.366 e. The standard InChI is InChI=1S/C21H22ClN3O/c22-18-11-14(7-8-16(18)20(23)26)17(10-13-4-1-2-5-13)19-12-15-6-3-9-24-21(15)25-19/h3,6-9,11-13,17H,1-2,4-5,10H2,(H2,23,26)(H,24,25). The van der Waals surface area contributed by atoms with Crippen LogP contribution in [0.2, 0.25) is 5.02 Å². The van der Waals surface area contributed by atoms with E-state index in [1.807, 2.05) is 18.2 Å². The molecule has 2 heterocycles. The average molecular weight is 368 g/mol. The van der Waals surface area contributed by atoms with Gasteiger partial charge in [-0.1, -0.05) is 43.4 Å². The lowest BCUT2D eigenvalue weighted by Crippen LogP contribution is -2.13. The van der Waals surface area contributed by atoms with Gasteiger partial charge < -0.3 is 10.7 Å². The first-order valence-corrected chi connectivity index (χ1v) is 9.52. The second-order valence-electron chi connectivity index (χ2n) is 7.21. The van der Waals surface area contributed by atoms with E-state index in [0.29, 0.717) is 16.5 Å². The maximum Gasteiger partial charge on any atom is 0.250 e. The van der Waals surface area contributed by atoms with Crippen LogP contribution >= 0.6 is 11.6 Å². The second kappa shape index (κ2) is 7.12. The highest BCUT2D eigenvalue weighted by Gasteiger charge is 2.25. The number of hydrogen-bond acceptors (Lipinski definition) is 2. The number of rotatable bonds is 5. The fraction of sp³-hybridized carbons (Fsp3) is 0.333.